The van der Waals surface area contributed by atoms with Gasteiger partial charge in [-0.3, -0.25) is 4.79 Å². The van der Waals surface area contributed by atoms with E-state index in [1.54, 1.807) is 24.3 Å². The Morgan fingerprint density at radius 1 is 1.00 bits per heavy atom. The molecule has 3 rings (SSSR count). The number of amides is 2. The second-order valence-electron chi connectivity index (χ2n) is 9.38. The molecule has 2 amide bonds. The normalized spacial score (nSPS) is 12.9. The number of primary amides is 1. The van der Waals surface area contributed by atoms with Crippen LogP contribution in [0.25, 0.3) is 21.9 Å². The molecule has 0 spiro atoms. The summed E-state index contributed by atoms with van der Waals surface area (Å²) in [5.41, 5.74) is 6.05. The molecule has 0 aliphatic rings. The highest BCUT2D eigenvalue weighted by Gasteiger charge is 2.30. The first-order valence-electron chi connectivity index (χ1n) is 10.8. The Bertz CT molecular complexity index is 1180. The van der Waals surface area contributed by atoms with E-state index in [0.717, 1.165) is 28.5 Å². The Labute approximate surface area is 196 Å². The van der Waals surface area contributed by atoms with Crippen LogP contribution in [0.4, 0.5) is 18.0 Å². The van der Waals surface area contributed by atoms with E-state index in [1.165, 1.54) is 12.1 Å². The van der Waals surface area contributed by atoms with Gasteiger partial charge in [0.05, 0.1) is 11.6 Å². The molecule has 1 atom stereocenters. The maximum Gasteiger partial charge on any atom is 0.416 e. The number of fused-ring (bicyclic) bond motifs is 1. The summed E-state index contributed by atoms with van der Waals surface area (Å²) in [6, 6.07) is 15.2. The Balaban J connectivity index is 1.86. The lowest BCUT2D eigenvalue weighted by Crippen LogP contribution is -2.41. The molecule has 0 saturated heterocycles. The minimum atomic E-state index is -4.40. The van der Waals surface area contributed by atoms with Crippen LogP contribution >= 0.6 is 0 Å². The predicted molar refractivity (Wildman–Crippen MR) is 125 cm³/mol. The number of hydrogen-bond acceptors (Lipinski definition) is 3. The quantitative estimate of drug-likeness (QED) is 0.451. The summed E-state index contributed by atoms with van der Waals surface area (Å²) in [4.78, 5) is 23.9. The molecule has 0 fully saturated rings. The molecule has 0 bridgehead atoms. The number of benzene rings is 3. The van der Waals surface area contributed by atoms with Crippen molar-refractivity contribution in [3.63, 3.8) is 0 Å². The first kappa shape index (κ1) is 25.1. The molecule has 1 unspecified atom stereocenters. The van der Waals surface area contributed by atoms with Crippen LogP contribution in [0, 0.1) is 5.41 Å². The zero-order valence-corrected chi connectivity index (χ0v) is 19.2. The second-order valence-corrected chi connectivity index (χ2v) is 9.38. The van der Waals surface area contributed by atoms with E-state index < -0.39 is 23.9 Å². The molecule has 8 heteroatoms. The Morgan fingerprint density at radius 2 is 1.68 bits per heavy atom. The third-order valence-electron chi connectivity index (χ3n) is 5.29. The fourth-order valence-corrected chi connectivity index (χ4v) is 3.86. The smallest absolute Gasteiger partial charge is 0.416 e. The van der Waals surface area contributed by atoms with Crippen molar-refractivity contribution in [1.82, 2.24) is 5.32 Å². The van der Waals surface area contributed by atoms with Crippen molar-refractivity contribution in [3.05, 3.63) is 71.8 Å². The third-order valence-corrected chi connectivity index (χ3v) is 5.29. The molecule has 3 aromatic rings. The van der Waals surface area contributed by atoms with Gasteiger partial charge in [0, 0.05) is 5.56 Å². The zero-order valence-electron chi connectivity index (χ0n) is 19.2. The summed E-state index contributed by atoms with van der Waals surface area (Å²) in [6.45, 7) is 5.99. The van der Waals surface area contributed by atoms with Crippen molar-refractivity contribution in [2.24, 2.45) is 11.1 Å². The molecule has 0 aliphatic carbocycles. The van der Waals surface area contributed by atoms with E-state index >= 15 is 0 Å². The zero-order chi connectivity index (χ0) is 25.1. The Morgan fingerprint density at radius 3 is 2.26 bits per heavy atom. The summed E-state index contributed by atoms with van der Waals surface area (Å²) in [5, 5.41) is 4.48. The summed E-state index contributed by atoms with van der Waals surface area (Å²) < 4.78 is 43.6. The van der Waals surface area contributed by atoms with Crippen LogP contribution in [0.1, 0.15) is 43.1 Å². The van der Waals surface area contributed by atoms with Crippen LogP contribution in [0.2, 0.25) is 0 Å². The van der Waals surface area contributed by atoms with E-state index in [1.807, 2.05) is 32.9 Å². The number of carbonyl (C=O) groups excluding carboxylic acids is 2. The van der Waals surface area contributed by atoms with Crippen molar-refractivity contribution in [2.75, 3.05) is 6.61 Å². The van der Waals surface area contributed by atoms with E-state index in [-0.39, 0.29) is 17.9 Å². The van der Waals surface area contributed by atoms with E-state index in [2.05, 4.69) is 5.32 Å². The first-order valence-corrected chi connectivity index (χ1v) is 10.8. The highest BCUT2D eigenvalue weighted by atomic mass is 19.4. The van der Waals surface area contributed by atoms with Gasteiger partial charge in [-0.15, -0.1) is 0 Å². The molecular formula is C26H27F3N2O3. The van der Waals surface area contributed by atoms with Gasteiger partial charge in [-0.05, 0) is 58.0 Å². The Hall–Kier alpha value is -3.55. The van der Waals surface area contributed by atoms with Gasteiger partial charge in [-0.1, -0.05) is 57.2 Å². The number of ether oxygens (including phenoxy) is 1. The van der Waals surface area contributed by atoms with Crippen molar-refractivity contribution in [1.29, 1.82) is 0 Å². The number of nitrogens with one attached hydrogen (secondary N) is 1. The van der Waals surface area contributed by atoms with Gasteiger partial charge in [-0.2, -0.15) is 13.2 Å². The highest BCUT2D eigenvalue weighted by molar-refractivity contribution is 6.02. The van der Waals surface area contributed by atoms with Crippen molar-refractivity contribution in [2.45, 2.75) is 39.4 Å². The number of rotatable bonds is 6. The van der Waals surface area contributed by atoms with Crippen LogP contribution in [-0.4, -0.2) is 24.6 Å². The van der Waals surface area contributed by atoms with Crippen LogP contribution in [0.5, 0.6) is 0 Å². The van der Waals surface area contributed by atoms with Gasteiger partial charge in [-0.25, -0.2) is 4.79 Å². The molecule has 0 heterocycles. The maximum absolute atomic E-state index is 12.9. The number of nitrogens with two attached hydrogens (primary N) is 1. The summed E-state index contributed by atoms with van der Waals surface area (Å²) in [6.07, 6.45) is -4.74. The average Bonchev–Trinajstić information content (AvgIpc) is 2.75. The lowest BCUT2D eigenvalue weighted by molar-refractivity contribution is -0.137. The molecule has 34 heavy (non-hydrogen) atoms. The third kappa shape index (κ3) is 6.50. The average molecular weight is 473 g/mol. The fourth-order valence-electron chi connectivity index (χ4n) is 3.86. The van der Waals surface area contributed by atoms with Gasteiger partial charge < -0.3 is 15.8 Å². The van der Waals surface area contributed by atoms with E-state index in [9.17, 15) is 22.8 Å². The monoisotopic (exact) mass is 472 g/mol. The lowest BCUT2D eigenvalue weighted by Gasteiger charge is -2.26. The van der Waals surface area contributed by atoms with E-state index in [4.69, 9.17) is 10.5 Å². The summed E-state index contributed by atoms with van der Waals surface area (Å²) in [5.74, 6) is -0.329. The maximum atomic E-state index is 12.9. The van der Waals surface area contributed by atoms with Gasteiger partial charge in [0.2, 0.25) is 0 Å². The SMILES string of the molecule is CC(C)(C)CC(COC(N)=O)NC(=O)c1ccc2c(-c3ccc(C(F)(F)F)cc3)cccc2c1. The fraction of sp³-hybridized carbons (Fsp3) is 0.308. The lowest BCUT2D eigenvalue weighted by atomic mass is 9.88. The molecule has 0 aromatic heterocycles. The molecule has 3 aromatic carbocycles. The topological polar surface area (TPSA) is 81.4 Å². The number of hydrogen-bond donors (Lipinski definition) is 2. The van der Waals surface area contributed by atoms with Gasteiger partial charge in [0.15, 0.2) is 0 Å². The first-order chi connectivity index (χ1) is 15.8. The highest BCUT2D eigenvalue weighted by Crippen LogP contribution is 2.33. The van der Waals surface area contributed by atoms with Crippen molar-refractivity contribution < 1.29 is 27.5 Å². The predicted octanol–water partition coefficient (Wildman–Crippen LogP) is 6.16. The standard InChI is InChI=1S/C26H27F3N2O3/c1-25(2,3)14-20(15-34-24(30)33)31-23(32)18-9-12-22-17(13-18)5-4-6-21(22)16-7-10-19(11-8-16)26(27,28)29/h4-13,20H,14-15H2,1-3H3,(H2,30,33)(H,31,32). The summed E-state index contributed by atoms with van der Waals surface area (Å²) in [7, 11) is 0. The molecule has 0 aliphatic heterocycles. The second kappa shape index (κ2) is 9.75. The van der Waals surface area contributed by atoms with Gasteiger partial charge in [0.25, 0.3) is 5.91 Å². The molecule has 0 saturated carbocycles. The molecular weight excluding hydrogens is 445 g/mol. The van der Waals surface area contributed by atoms with Crippen LogP contribution in [0.3, 0.4) is 0 Å². The Kier molecular flexibility index (Phi) is 7.19. The van der Waals surface area contributed by atoms with Crippen molar-refractivity contribution >= 4 is 22.8 Å². The molecule has 0 radical (unpaired) electrons. The van der Waals surface area contributed by atoms with Crippen LogP contribution in [0.15, 0.2) is 60.7 Å². The van der Waals surface area contributed by atoms with Crippen molar-refractivity contribution in [3.8, 4) is 11.1 Å². The van der Waals surface area contributed by atoms with Gasteiger partial charge >= 0.3 is 12.3 Å². The number of halogens is 3. The number of carbonyl (C=O) groups is 2. The minimum absolute atomic E-state index is 0.0377. The van der Waals surface area contributed by atoms with E-state index in [0.29, 0.717) is 17.5 Å². The largest absolute Gasteiger partial charge is 0.448 e. The molecule has 3 N–H and O–H groups in total. The number of alkyl halides is 3. The minimum Gasteiger partial charge on any atom is -0.448 e. The van der Waals surface area contributed by atoms with Gasteiger partial charge in [0.1, 0.15) is 6.61 Å². The summed E-state index contributed by atoms with van der Waals surface area (Å²) >= 11 is 0. The van der Waals surface area contributed by atoms with Crippen LogP contribution < -0.4 is 11.1 Å². The molecule has 180 valence electrons. The molecule has 5 nitrogen and oxygen atoms in total. The van der Waals surface area contributed by atoms with Crippen LogP contribution in [-0.2, 0) is 10.9 Å².